The van der Waals surface area contributed by atoms with Crippen LogP contribution in [0, 0.1) is 5.82 Å². The zero-order valence-corrected chi connectivity index (χ0v) is 8.98. The molecule has 1 N–H and O–H groups in total. The van der Waals surface area contributed by atoms with E-state index in [0.29, 0.717) is 13.1 Å². The lowest BCUT2D eigenvalue weighted by atomic mass is 10.2. The SMILES string of the molecule is O=C1Cn2cc(-c3ccc(F)cc3)nc2CN1. The highest BCUT2D eigenvalue weighted by molar-refractivity contribution is 5.77. The number of fused-ring (bicyclic) bond motifs is 1. The van der Waals surface area contributed by atoms with Crippen LogP contribution in [0.25, 0.3) is 11.3 Å². The molecule has 0 fully saturated rings. The molecule has 4 nitrogen and oxygen atoms in total. The van der Waals surface area contributed by atoms with Crippen LogP contribution >= 0.6 is 0 Å². The Morgan fingerprint density at radius 2 is 2.06 bits per heavy atom. The van der Waals surface area contributed by atoms with Crippen LogP contribution in [-0.4, -0.2) is 15.5 Å². The number of aromatic nitrogens is 2. The molecule has 2 heterocycles. The Morgan fingerprint density at radius 1 is 1.29 bits per heavy atom. The summed E-state index contributed by atoms with van der Waals surface area (Å²) < 4.78 is 14.6. The predicted octanol–water partition coefficient (Wildman–Crippen LogP) is 1.32. The Morgan fingerprint density at radius 3 is 2.82 bits per heavy atom. The molecule has 1 amide bonds. The molecule has 1 aromatic heterocycles. The van der Waals surface area contributed by atoms with E-state index in [1.807, 2.05) is 10.8 Å². The Bertz CT molecular complexity index is 574. The molecule has 2 aromatic rings. The van der Waals surface area contributed by atoms with Crippen LogP contribution in [0.5, 0.6) is 0 Å². The fourth-order valence-corrected chi connectivity index (χ4v) is 1.88. The second-order valence-electron chi connectivity index (χ2n) is 3.95. The normalized spacial score (nSPS) is 14.3. The van der Waals surface area contributed by atoms with Crippen molar-refractivity contribution in [2.75, 3.05) is 0 Å². The Labute approximate surface area is 97.1 Å². The summed E-state index contributed by atoms with van der Waals surface area (Å²) >= 11 is 0. The summed E-state index contributed by atoms with van der Waals surface area (Å²) in [4.78, 5) is 15.6. The molecule has 1 aliphatic heterocycles. The number of hydrogen-bond donors (Lipinski definition) is 1. The number of halogens is 1. The minimum absolute atomic E-state index is 0.0134. The van der Waals surface area contributed by atoms with E-state index in [9.17, 15) is 9.18 Å². The zero-order valence-electron chi connectivity index (χ0n) is 8.98. The van der Waals surface area contributed by atoms with Crippen LogP contribution < -0.4 is 5.32 Å². The highest BCUT2D eigenvalue weighted by atomic mass is 19.1. The fourth-order valence-electron chi connectivity index (χ4n) is 1.88. The second-order valence-corrected chi connectivity index (χ2v) is 3.95. The number of hydrogen-bond acceptors (Lipinski definition) is 2. The number of imidazole rings is 1. The number of rotatable bonds is 1. The van der Waals surface area contributed by atoms with E-state index in [0.717, 1.165) is 17.1 Å². The summed E-state index contributed by atoms with van der Waals surface area (Å²) in [6.45, 7) is 0.740. The molecular formula is C12H10FN3O. The number of carbonyl (C=O) groups excluding carboxylic acids is 1. The number of carbonyl (C=O) groups is 1. The number of nitrogens with one attached hydrogen (secondary N) is 1. The third-order valence-electron chi connectivity index (χ3n) is 2.76. The largest absolute Gasteiger partial charge is 0.347 e. The lowest BCUT2D eigenvalue weighted by molar-refractivity contribution is -0.122. The summed E-state index contributed by atoms with van der Waals surface area (Å²) in [6.07, 6.45) is 1.82. The highest BCUT2D eigenvalue weighted by Crippen LogP contribution is 2.20. The molecule has 0 saturated carbocycles. The second kappa shape index (κ2) is 3.69. The van der Waals surface area contributed by atoms with Gasteiger partial charge in [0, 0.05) is 11.8 Å². The lowest BCUT2D eigenvalue weighted by Crippen LogP contribution is -2.33. The molecular weight excluding hydrogens is 221 g/mol. The first-order chi connectivity index (χ1) is 8.22. The van der Waals surface area contributed by atoms with Gasteiger partial charge < -0.3 is 9.88 Å². The maximum atomic E-state index is 12.8. The van der Waals surface area contributed by atoms with Gasteiger partial charge in [0.05, 0.1) is 12.2 Å². The van der Waals surface area contributed by atoms with E-state index in [1.54, 1.807) is 12.1 Å². The monoisotopic (exact) mass is 231 g/mol. The van der Waals surface area contributed by atoms with Crippen LogP contribution in [0.4, 0.5) is 4.39 Å². The van der Waals surface area contributed by atoms with Gasteiger partial charge in [-0.25, -0.2) is 9.37 Å². The van der Waals surface area contributed by atoms with E-state index in [-0.39, 0.29) is 11.7 Å². The maximum Gasteiger partial charge on any atom is 0.240 e. The topological polar surface area (TPSA) is 46.9 Å². The van der Waals surface area contributed by atoms with Crippen molar-refractivity contribution in [3.63, 3.8) is 0 Å². The van der Waals surface area contributed by atoms with Crippen LogP contribution in [0.3, 0.4) is 0 Å². The van der Waals surface area contributed by atoms with Gasteiger partial charge in [-0.2, -0.15) is 0 Å². The first kappa shape index (κ1) is 10.0. The average Bonchev–Trinajstić information content (AvgIpc) is 2.72. The minimum Gasteiger partial charge on any atom is -0.347 e. The molecule has 3 rings (SSSR count). The Balaban J connectivity index is 1.99. The van der Waals surface area contributed by atoms with Crippen molar-refractivity contribution < 1.29 is 9.18 Å². The van der Waals surface area contributed by atoms with Crippen molar-refractivity contribution in [2.45, 2.75) is 13.1 Å². The molecule has 1 aliphatic rings. The smallest absolute Gasteiger partial charge is 0.240 e. The first-order valence-corrected chi connectivity index (χ1v) is 5.31. The summed E-state index contributed by atoms with van der Waals surface area (Å²) in [5.41, 5.74) is 1.61. The lowest BCUT2D eigenvalue weighted by Gasteiger charge is -2.13. The molecule has 5 heteroatoms. The van der Waals surface area contributed by atoms with Crippen LogP contribution in [0.1, 0.15) is 5.82 Å². The minimum atomic E-state index is -0.269. The van der Waals surface area contributed by atoms with Crippen molar-refractivity contribution >= 4 is 5.91 Å². The quantitative estimate of drug-likeness (QED) is 0.804. The molecule has 0 bridgehead atoms. The van der Waals surface area contributed by atoms with Gasteiger partial charge in [0.25, 0.3) is 0 Å². The summed E-state index contributed by atoms with van der Waals surface area (Å²) in [5.74, 6) is 0.541. The van der Waals surface area contributed by atoms with E-state index < -0.39 is 0 Å². The highest BCUT2D eigenvalue weighted by Gasteiger charge is 2.17. The van der Waals surface area contributed by atoms with Crippen molar-refractivity contribution in [2.24, 2.45) is 0 Å². The first-order valence-electron chi connectivity index (χ1n) is 5.31. The van der Waals surface area contributed by atoms with Gasteiger partial charge in [0.2, 0.25) is 5.91 Å². The van der Waals surface area contributed by atoms with Gasteiger partial charge in [-0.1, -0.05) is 0 Å². The third-order valence-corrected chi connectivity index (χ3v) is 2.76. The number of amides is 1. The van der Waals surface area contributed by atoms with Crippen LogP contribution in [-0.2, 0) is 17.9 Å². The fraction of sp³-hybridized carbons (Fsp3) is 0.167. The van der Waals surface area contributed by atoms with Crippen LogP contribution in [0.2, 0.25) is 0 Å². The third kappa shape index (κ3) is 1.80. The van der Waals surface area contributed by atoms with Crippen molar-refractivity contribution in [1.82, 2.24) is 14.9 Å². The van der Waals surface area contributed by atoms with E-state index in [4.69, 9.17) is 0 Å². The molecule has 0 atom stereocenters. The Kier molecular flexibility index (Phi) is 2.18. The molecule has 0 spiro atoms. The van der Waals surface area contributed by atoms with Gasteiger partial charge >= 0.3 is 0 Å². The summed E-state index contributed by atoms with van der Waals surface area (Å²) in [7, 11) is 0. The van der Waals surface area contributed by atoms with E-state index in [1.165, 1.54) is 12.1 Å². The van der Waals surface area contributed by atoms with Gasteiger partial charge in [-0.05, 0) is 24.3 Å². The predicted molar refractivity (Wildman–Crippen MR) is 59.5 cm³/mol. The van der Waals surface area contributed by atoms with Gasteiger partial charge in [-0.15, -0.1) is 0 Å². The Hall–Kier alpha value is -2.17. The molecule has 86 valence electrons. The van der Waals surface area contributed by atoms with Crippen molar-refractivity contribution in [1.29, 1.82) is 0 Å². The molecule has 0 unspecified atom stereocenters. The van der Waals surface area contributed by atoms with Crippen LogP contribution in [0.15, 0.2) is 30.5 Å². The summed E-state index contributed by atoms with van der Waals surface area (Å²) in [6, 6.07) is 6.16. The number of benzene rings is 1. The molecule has 0 aliphatic carbocycles. The van der Waals surface area contributed by atoms with Gasteiger partial charge in [0.15, 0.2) is 0 Å². The molecule has 0 saturated heterocycles. The van der Waals surface area contributed by atoms with E-state index in [2.05, 4.69) is 10.3 Å². The molecule has 1 aromatic carbocycles. The summed E-state index contributed by atoms with van der Waals surface area (Å²) in [5, 5.41) is 2.73. The van der Waals surface area contributed by atoms with Crippen molar-refractivity contribution in [3.8, 4) is 11.3 Å². The van der Waals surface area contributed by atoms with Gasteiger partial charge in [0.1, 0.15) is 18.2 Å². The zero-order chi connectivity index (χ0) is 11.8. The molecule has 17 heavy (non-hydrogen) atoms. The molecule has 0 radical (unpaired) electrons. The standard InChI is InChI=1S/C12H10FN3O/c13-9-3-1-8(2-4-9)10-6-16-7-12(17)14-5-11(16)15-10/h1-4,6H,5,7H2,(H,14,17). The number of nitrogens with zero attached hydrogens (tertiary/aromatic N) is 2. The van der Waals surface area contributed by atoms with Gasteiger partial charge in [-0.3, -0.25) is 4.79 Å². The van der Waals surface area contributed by atoms with Crippen molar-refractivity contribution in [3.05, 3.63) is 42.1 Å². The maximum absolute atomic E-state index is 12.8. The van der Waals surface area contributed by atoms with E-state index >= 15 is 0 Å². The average molecular weight is 231 g/mol.